The quantitative estimate of drug-likeness (QED) is 0.532. The minimum absolute atomic E-state index is 0.274. The van der Waals surface area contributed by atoms with Gasteiger partial charge in [0.15, 0.2) is 0 Å². The lowest BCUT2D eigenvalue weighted by Crippen LogP contribution is -2.18. The third-order valence-corrected chi connectivity index (χ3v) is 2.10. The fraction of sp³-hybridized carbons (Fsp3) is 0.667. The van der Waals surface area contributed by atoms with Gasteiger partial charge in [0.05, 0.1) is 37.6 Å². The summed E-state index contributed by atoms with van der Waals surface area (Å²) in [5.74, 6) is 0. The van der Waals surface area contributed by atoms with Crippen molar-refractivity contribution in [1.29, 1.82) is 0 Å². The van der Waals surface area contributed by atoms with Crippen molar-refractivity contribution in [2.75, 3.05) is 0 Å². The van der Waals surface area contributed by atoms with Crippen LogP contribution in [-0.4, -0.2) is 34.8 Å². The van der Waals surface area contributed by atoms with E-state index in [4.69, 9.17) is 10.2 Å². The van der Waals surface area contributed by atoms with Crippen LogP contribution in [0.3, 0.4) is 0 Å². The van der Waals surface area contributed by atoms with Crippen LogP contribution in [0.15, 0.2) is 24.7 Å². The summed E-state index contributed by atoms with van der Waals surface area (Å²) < 4.78 is 75.7. The minimum atomic E-state index is -4.46. The molecule has 0 amide bonds. The Morgan fingerprint density at radius 2 is 1.10 bits per heavy atom. The molecule has 0 spiro atoms. The van der Waals surface area contributed by atoms with Gasteiger partial charge in [-0.05, 0) is 25.0 Å². The first kappa shape index (κ1) is 19.8. The van der Waals surface area contributed by atoms with Crippen LogP contribution >= 0.6 is 0 Å². The first-order valence-corrected chi connectivity index (χ1v) is 5.94. The summed E-state index contributed by atoms with van der Waals surface area (Å²) in [6.07, 6.45) is -11.0. The third-order valence-electron chi connectivity index (χ3n) is 2.10. The second-order valence-electron chi connectivity index (χ2n) is 4.30. The summed E-state index contributed by atoms with van der Waals surface area (Å²) in [6.45, 7) is 0. The topological polar surface area (TPSA) is 49.7 Å². The molecule has 124 valence electrons. The Bertz CT molecular complexity index is 303. The van der Waals surface area contributed by atoms with Gasteiger partial charge < -0.3 is 14.9 Å². The van der Waals surface area contributed by atoms with Gasteiger partial charge in [-0.15, -0.1) is 0 Å². The molecule has 2 unspecified atom stereocenters. The molecule has 0 heterocycles. The smallest absolute Gasteiger partial charge is 0.391 e. The van der Waals surface area contributed by atoms with Crippen LogP contribution in [0.4, 0.5) is 26.3 Å². The van der Waals surface area contributed by atoms with Crippen molar-refractivity contribution in [2.45, 2.75) is 50.2 Å². The predicted octanol–water partition coefficient (Wildman–Crippen LogP) is 3.44. The zero-order chi connectivity index (χ0) is 16.5. The van der Waals surface area contributed by atoms with Gasteiger partial charge in [-0.2, -0.15) is 26.3 Å². The monoisotopic (exact) mass is 322 g/mol. The van der Waals surface area contributed by atoms with E-state index in [0.29, 0.717) is 0 Å². The highest BCUT2D eigenvalue weighted by molar-refractivity contribution is 4.84. The SMILES string of the molecule is OC(CC=COC=CCC(O)CC(F)(F)F)CC(F)(F)F. The molecule has 0 saturated heterocycles. The van der Waals surface area contributed by atoms with E-state index in [1.54, 1.807) is 0 Å². The lowest BCUT2D eigenvalue weighted by molar-refractivity contribution is -0.154. The number of hydrogen-bond donors (Lipinski definition) is 2. The summed E-state index contributed by atoms with van der Waals surface area (Å²) in [5.41, 5.74) is 0. The molecule has 0 aliphatic heterocycles. The molecule has 9 heteroatoms. The van der Waals surface area contributed by atoms with Gasteiger partial charge in [-0.25, -0.2) is 0 Å². The molecule has 0 radical (unpaired) electrons. The second-order valence-corrected chi connectivity index (χ2v) is 4.30. The van der Waals surface area contributed by atoms with E-state index in [2.05, 4.69) is 4.74 Å². The number of hydrogen-bond acceptors (Lipinski definition) is 3. The molecular formula is C12H16F6O3. The fourth-order valence-corrected chi connectivity index (χ4v) is 1.28. The summed E-state index contributed by atoms with van der Waals surface area (Å²) in [7, 11) is 0. The maximum absolute atomic E-state index is 11.8. The molecule has 0 rings (SSSR count). The highest BCUT2D eigenvalue weighted by Crippen LogP contribution is 2.23. The van der Waals surface area contributed by atoms with Crippen molar-refractivity contribution in [3.63, 3.8) is 0 Å². The Kier molecular flexibility index (Phi) is 8.41. The molecular weight excluding hydrogens is 306 g/mol. The average molecular weight is 322 g/mol. The predicted molar refractivity (Wildman–Crippen MR) is 62.0 cm³/mol. The first-order valence-electron chi connectivity index (χ1n) is 5.94. The third kappa shape index (κ3) is 15.0. The second kappa shape index (κ2) is 8.93. The van der Waals surface area contributed by atoms with E-state index in [9.17, 15) is 26.3 Å². The number of alkyl halides is 6. The van der Waals surface area contributed by atoms with Crippen molar-refractivity contribution in [1.82, 2.24) is 0 Å². The zero-order valence-corrected chi connectivity index (χ0v) is 10.9. The van der Waals surface area contributed by atoms with Crippen LogP contribution in [0.2, 0.25) is 0 Å². The fourth-order valence-electron chi connectivity index (χ4n) is 1.28. The van der Waals surface area contributed by atoms with Crippen LogP contribution < -0.4 is 0 Å². The highest BCUT2D eigenvalue weighted by atomic mass is 19.4. The van der Waals surface area contributed by atoms with E-state index in [1.165, 1.54) is 0 Å². The Morgan fingerprint density at radius 1 is 0.762 bits per heavy atom. The summed E-state index contributed by atoms with van der Waals surface area (Å²) in [6, 6.07) is 0. The number of aliphatic hydroxyl groups is 2. The van der Waals surface area contributed by atoms with E-state index in [1.807, 2.05) is 0 Å². The molecule has 0 aromatic heterocycles. The Balaban J connectivity index is 3.79. The maximum Gasteiger partial charge on any atom is 0.391 e. The van der Waals surface area contributed by atoms with Gasteiger partial charge in [-0.3, -0.25) is 0 Å². The van der Waals surface area contributed by atoms with Gasteiger partial charge in [-0.1, -0.05) is 0 Å². The van der Waals surface area contributed by atoms with Crippen molar-refractivity contribution in [2.24, 2.45) is 0 Å². The van der Waals surface area contributed by atoms with Gasteiger partial charge in [0.2, 0.25) is 0 Å². The van der Waals surface area contributed by atoms with Gasteiger partial charge in [0, 0.05) is 0 Å². The molecule has 0 aromatic carbocycles. The van der Waals surface area contributed by atoms with E-state index in [-0.39, 0.29) is 12.8 Å². The molecule has 0 aliphatic rings. The molecule has 0 saturated carbocycles. The summed E-state index contributed by atoms with van der Waals surface area (Å²) in [4.78, 5) is 0. The Morgan fingerprint density at radius 3 is 1.38 bits per heavy atom. The van der Waals surface area contributed by atoms with Crippen molar-refractivity contribution < 1.29 is 41.3 Å². The molecule has 0 fully saturated rings. The Labute approximate surface area is 117 Å². The normalized spacial score (nSPS) is 16.6. The molecule has 21 heavy (non-hydrogen) atoms. The largest absolute Gasteiger partial charge is 0.473 e. The molecule has 2 N–H and O–H groups in total. The standard InChI is InChI=1S/C12H16F6O3/c13-11(14,15)7-9(19)3-1-5-21-6-2-4-10(20)8-12(16,17)18/h1-2,5-6,9-10,19-20H,3-4,7-8H2. The number of ether oxygens (including phenoxy) is 1. The van der Waals surface area contributed by atoms with Crippen LogP contribution in [0, 0.1) is 0 Å². The molecule has 0 aromatic rings. The molecule has 3 nitrogen and oxygen atoms in total. The maximum atomic E-state index is 11.8. The van der Waals surface area contributed by atoms with Crippen LogP contribution in [0.1, 0.15) is 25.7 Å². The van der Waals surface area contributed by atoms with Crippen LogP contribution in [0.5, 0.6) is 0 Å². The number of halogens is 6. The Hall–Kier alpha value is -1.22. The summed E-state index contributed by atoms with van der Waals surface area (Å²) in [5, 5.41) is 18.0. The van der Waals surface area contributed by atoms with Gasteiger partial charge in [0.25, 0.3) is 0 Å². The minimum Gasteiger partial charge on any atom is -0.473 e. The molecule has 2 atom stereocenters. The first-order chi connectivity index (χ1) is 9.49. The van der Waals surface area contributed by atoms with E-state index < -0.39 is 37.4 Å². The molecule has 0 bridgehead atoms. The van der Waals surface area contributed by atoms with Crippen molar-refractivity contribution in [3.8, 4) is 0 Å². The van der Waals surface area contributed by atoms with Gasteiger partial charge in [0.1, 0.15) is 0 Å². The highest BCUT2D eigenvalue weighted by Gasteiger charge is 2.31. The number of rotatable bonds is 8. The number of aliphatic hydroxyl groups excluding tert-OH is 2. The zero-order valence-electron chi connectivity index (χ0n) is 10.9. The van der Waals surface area contributed by atoms with Gasteiger partial charge >= 0.3 is 12.4 Å². The van der Waals surface area contributed by atoms with Crippen LogP contribution in [0.25, 0.3) is 0 Å². The summed E-state index contributed by atoms with van der Waals surface area (Å²) >= 11 is 0. The molecule has 0 aliphatic carbocycles. The van der Waals surface area contributed by atoms with Crippen LogP contribution in [-0.2, 0) is 4.74 Å². The van der Waals surface area contributed by atoms with Crippen molar-refractivity contribution >= 4 is 0 Å². The lowest BCUT2D eigenvalue weighted by atomic mass is 10.2. The van der Waals surface area contributed by atoms with E-state index in [0.717, 1.165) is 24.7 Å². The lowest BCUT2D eigenvalue weighted by Gasteiger charge is -2.10. The van der Waals surface area contributed by atoms with Crippen molar-refractivity contribution in [3.05, 3.63) is 24.7 Å². The van der Waals surface area contributed by atoms with E-state index >= 15 is 0 Å². The average Bonchev–Trinajstić information content (AvgIpc) is 2.22.